The molecule has 0 bridgehead atoms. The Morgan fingerprint density at radius 2 is 1.89 bits per heavy atom. The maximum Gasteiger partial charge on any atom is 0.123 e. The molecule has 0 N–H and O–H groups in total. The number of nitrogens with zero attached hydrogens (tertiary/aromatic N) is 1. The average Bonchev–Trinajstić information content (AvgIpc) is 2.85. The Morgan fingerprint density at radius 1 is 1.21 bits per heavy atom. The maximum atomic E-state index is 13.1. The average molecular weight is 263 g/mol. The molecule has 106 valence electrons. The molecule has 2 heteroatoms. The van der Waals surface area contributed by atoms with Crippen molar-refractivity contribution in [1.82, 2.24) is 4.90 Å². The van der Waals surface area contributed by atoms with Crippen LogP contribution in [0.25, 0.3) is 0 Å². The van der Waals surface area contributed by atoms with E-state index in [-0.39, 0.29) is 5.82 Å². The van der Waals surface area contributed by atoms with E-state index in [0.717, 1.165) is 5.92 Å². The van der Waals surface area contributed by atoms with E-state index in [1.54, 1.807) is 12.1 Å². The number of hydrogen-bond acceptors (Lipinski definition) is 1. The fourth-order valence-corrected chi connectivity index (χ4v) is 3.72. The normalized spacial score (nSPS) is 24.9. The first-order chi connectivity index (χ1) is 9.13. The van der Waals surface area contributed by atoms with Crippen LogP contribution in [-0.4, -0.2) is 25.0 Å². The zero-order valence-electron chi connectivity index (χ0n) is 12.4. The van der Waals surface area contributed by atoms with Gasteiger partial charge in [0.1, 0.15) is 5.82 Å². The second-order valence-electron chi connectivity index (χ2n) is 6.07. The summed E-state index contributed by atoms with van der Waals surface area (Å²) < 4.78 is 13.1. The quantitative estimate of drug-likeness (QED) is 0.759. The van der Waals surface area contributed by atoms with Crippen LogP contribution in [0.1, 0.15) is 50.5 Å². The van der Waals surface area contributed by atoms with Gasteiger partial charge in [0.05, 0.1) is 0 Å². The molecular weight excluding hydrogens is 237 g/mol. The molecule has 1 nitrogen and oxygen atoms in total. The Morgan fingerprint density at radius 3 is 2.47 bits per heavy atom. The lowest BCUT2D eigenvalue weighted by atomic mass is 9.82. The van der Waals surface area contributed by atoms with Gasteiger partial charge in [-0.05, 0) is 62.9 Å². The van der Waals surface area contributed by atoms with Crippen molar-refractivity contribution >= 4 is 0 Å². The van der Waals surface area contributed by atoms with Gasteiger partial charge in [-0.1, -0.05) is 31.9 Å². The van der Waals surface area contributed by atoms with E-state index in [9.17, 15) is 4.39 Å². The summed E-state index contributed by atoms with van der Waals surface area (Å²) in [4.78, 5) is 2.38. The molecule has 0 radical (unpaired) electrons. The first-order valence-corrected chi connectivity index (χ1v) is 7.55. The Balaban J connectivity index is 2.17. The molecule has 0 aliphatic heterocycles. The molecule has 1 aromatic carbocycles. The molecule has 2 unspecified atom stereocenters. The zero-order valence-corrected chi connectivity index (χ0v) is 12.4. The molecule has 1 aromatic rings. The van der Waals surface area contributed by atoms with Crippen molar-refractivity contribution in [3.63, 3.8) is 0 Å². The summed E-state index contributed by atoms with van der Waals surface area (Å²) in [5, 5.41) is 0. The molecule has 0 amide bonds. The van der Waals surface area contributed by atoms with E-state index in [4.69, 9.17) is 0 Å². The van der Waals surface area contributed by atoms with Crippen LogP contribution in [0.3, 0.4) is 0 Å². The van der Waals surface area contributed by atoms with Crippen molar-refractivity contribution in [2.75, 3.05) is 14.1 Å². The largest absolute Gasteiger partial charge is 0.306 e. The second-order valence-corrected chi connectivity index (χ2v) is 6.07. The molecule has 0 heterocycles. The first kappa shape index (κ1) is 14.5. The standard InChI is InChI=1S/C17H26FN/c1-4-6-17(19(2)3)16-8-5-7-15(16)13-9-11-14(18)12-10-13/h9-12,15-17H,4-8H2,1-3H3/t15?,16?,17-/m1/s1. The molecule has 2 rings (SSSR count). The van der Waals surface area contributed by atoms with Gasteiger partial charge in [-0.2, -0.15) is 0 Å². The van der Waals surface area contributed by atoms with E-state index in [0.29, 0.717) is 12.0 Å². The van der Waals surface area contributed by atoms with Gasteiger partial charge in [-0.15, -0.1) is 0 Å². The molecule has 19 heavy (non-hydrogen) atoms. The minimum Gasteiger partial charge on any atom is -0.306 e. The minimum atomic E-state index is -0.129. The lowest BCUT2D eigenvalue weighted by molar-refractivity contribution is 0.185. The van der Waals surface area contributed by atoms with Gasteiger partial charge in [0, 0.05) is 6.04 Å². The topological polar surface area (TPSA) is 3.24 Å². The Hall–Kier alpha value is -0.890. The third kappa shape index (κ3) is 3.36. The Bertz CT molecular complexity index is 385. The van der Waals surface area contributed by atoms with Crippen LogP contribution in [-0.2, 0) is 0 Å². The highest BCUT2D eigenvalue weighted by Crippen LogP contribution is 2.43. The van der Waals surface area contributed by atoms with E-state index in [2.05, 4.69) is 25.9 Å². The number of hydrogen-bond donors (Lipinski definition) is 0. The van der Waals surface area contributed by atoms with E-state index in [1.807, 2.05) is 12.1 Å². The van der Waals surface area contributed by atoms with Gasteiger partial charge in [0.25, 0.3) is 0 Å². The van der Waals surface area contributed by atoms with Gasteiger partial charge in [-0.25, -0.2) is 4.39 Å². The van der Waals surface area contributed by atoms with Crippen molar-refractivity contribution < 1.29 is 4.39 Å². The minimum absolute atomic E-state index is 0.129. The van der Waals surface area contributed by atoms with Crippen LogP contribution in [0.4, 0.5) is 4.39 Å². The predicted molar refractivity (Wildman–Crippen MR) is 78.9 cm³/mol. The summed E-state index contributed by atoms with van der Waals surface area (Å²) in [5.74, 6) is 1.20. The number of rotatable bonds is 5. The summed E-state index contributed by atoms with van der Waals surface area (Å²) in [5.41, 5.74) is 1.33. The monoisotopic (exact) mass is 263 g/mol. The van der Waals surface area contributed by atoms with E-state index in [1.165, 1.54) is 37.7 Å². The summed E-state index contributed by atoms with van der Waals surface area (Å²) in [6.45, 7) is 2.26. The van der Waals surface area contributed by atoms with Crippen LogP contribution in [0.2, 0.25) is 0 Å². The second kappa shape index (κ2) is 6.51. The Kier molecular flexibility index (Phi) is 4.98. The van der Waals surface area contributed by atoms with Crippen LogP contribution < -0.4 is 0 Å². The lowest BCUT2D eigenvalue weighted by Gasteiger charge is -2.34. The molecular formula is C17H26FN. The van der Waals surface area contributed by atoms with Gasteiger partial charge in [0.2, 0.25) is 0 Å². The van der Waals surface area contributed by atoms with Gasteiger partial charge >= 0.3 is 0 Å². The van der Waals surface area contributed by atoms with Gasteiger partial charge in [0.15, 0.2) is 0 Å². The molecule has 1 fully saturated rings. The van der Waals surface area contributed by atoms with Gasteiger partial charge in [-0.3, -0.25) is 0 Å². The van der Waals surface area contributed by atoms with Crippen molar-refractivity contribution in [1.29, 1.82) is 0 Å². The van der Waals surface area contributed by atoms with Crippen molar-refractivity contribution in [2.45, 2.75) is 51.0 Å². The van der Waals surface area contributed by atoms with E-state index < -0.39 is 0 Å². The summed E-state index contributed by atoms with van der Waals surface area (Å²) in [6, 6.07) is 7.83. The summed E-state index contributed by atoms with van der Waals surface area (Å²) in [7, 11) is 4.39. The molecule has 0 aromatic heterocycles. The van der Waals surface area contributed by atoms with Crippen LogP contribution in [0, 0.1) is 11.7 Å². The number of halogens is 1. The van der Waals surface area contributed by atoms with Crippen molar-refractivity contribution in [2.24, 2.45) is 5.92 Å². The fraction of sp³-hybridized carbons (Fsp3) is 0.647. The van der Waals surface area contributed by atoms with Crippen LogP contribution in [0.5, 0.6) is 0 Å². The molecule has 0 spiro atoms. The van der Waals surface area contributed by atoms with Crippen LogP contribution in [0.15, 0.2) is 24.3 Å². The zero-order chi connectivity index (χ0) is 13.8. The van der Waals surface area contributed by atoms with Crippen molar-refractivity contribution in [3.05, 3.63) is 35.6 Å². The summed E-state index contributed by atoms with van der Waals surface area (Å²) >= 11 is 0. The molecule has 0 saturated heterocycles. The highest BCUT2D eigenvalue weighted by Gasteiger charge is 2.35. The molecule has 1 aliphatic carbocycles. The third-order valence-electron chi connectivity index (χ3n) is 4.61. The van der Waals surface area contributed by atoms with Crippen LogP contribution >= 0.6 is 0 Å². The first-order valence-electron chi connectivity index (χ1n) is 7.55. The van der Waals surface area contributed by atoms with Crippen molar-refractivity contribution in [3.8, 4) is 0 Å². The maximum absolute atomic E-state index is 13.1. The van der Waals surface area contributed by atoms with Gasteiger partial charge < -0.3 is 4.90 Å². The molecule has 1 saturated carbocycles. The smallest absolute Gasteiger partial charge is 0.123 e. The summed E-state index contributed by atoms with van der Waals surface area (Å²) in [6.07, 6.45) is 6.36. The highest BCUT2D eigenvalue weighted by atomic mass is 19.1. The number of benzene rings is 1. The fourth-order valence-electron chi connectivity index (χ4n) is 3.72. The molecule has 1 aliphatic rings. The third-order valence-corrected chi connectivity index (χ3v) is 4.61. The SMILES string of the molecule is CCC[C@H](C1CCCC1c1ccc(F)cc1)N(C)C. The molecule has 3 atom stereocenters. The lowest BCUT2D eigenvalue weighted by Crippen LogP contribution is -2.36. The highest BCUT2D eigenvalue weighted by molar-refractivity contribution is 5.23. The Labute approximate surface area is 116 Å². The van der Waals surface area contributed by atoms with E-state index >= 15 is 0 Å². The predicted octanol–water partition coefficient (Wildman–Crippen LogP) is 4.44.